The number of anilines is 1. The van der Waals surface area contributed by atoms with E-state index < -0.39 is 6.09 Å². The molecule has 1 N–H and O–H groups in total. The highest BCUT2D eigenvalue weighted by Gasteiger charge is 2.05. The van der Waals surface area contributed by atoms with Gasteiger partial charge in [0, 0.05) is 6.07 Å². The lowest BCUT2D eigenvalue weighted by atomic mass is 10.5. The van der Waals surface area contributed by atoms with Gasteiger partial charge in [0.1, 0.15) is 5.76 Å². The van der Waals surface area contributed by atoms with Crippen LogP contribution in [-0.2, 0) is 10.1 Å². The first kappa shape index (κ1) is 9.05. The number of ether oxygens (including phenoxy) is 1. The number of rotatable bonds is 2. The van der Waals surface area contributed by atoms with Crippen molar-refractivity contribution in [3.63, 3.8) is 0 Å². The molecule has 66 valence electrons. The maximum atomic E-state index is 10.7. The summed E-state index contributed by atoms with van der Waals surface area (Å²) in [6.07, 6.45) is -0.565. The SMILES string of the molecule is COC(=O)Nc1cc(CBr)on1. The van der Waals surface area contributed by atoms with Gasteiger partial charge in [-0.2, -0.15) is 0 Å². The fourth-order valence-corrected chi connectivity index (χ4v) is 0.855. The molecule has 6 heteroatoms. The van der Waals surface area contributed by atoms with Gasteiger partial charge in [0.05, 0.1) is 12.4 Å². The van der Waals surface area contributed by atoms with Crippen LogP contribution in [-0.4, -0.2) is 18.4 Å². The number of alkyl halides is 1. The molecule has 1 aromatic rings. The predicted molar refractivity (Wildman–Crippen MR) is 45.2 cm³/mol. The van der Waals surface area contributed by atoms with Crippen LogP contribution in [0.15, 0.2) is 10.6 Å². The minimum Gasteiger partial charge on any atom is -0.453 e. The third-order valence-electron chi connectivity index (χ3n) is 1.11. The lowest BCUT2D eigenvalue weighted by Crippen LogP contribution is -2.10. The monoisotopic (exact) mass is 234 g/mol. The number of hydrogen-bond donors (Lipinski definition) is 1. The molecule has 0 unspecified atom stereocenters. The van der Waals surface area contributed by atoms with E-state index in [1.54, 1.807) is 6.07 Å². The Labute approximate surface area is 77.2 Å². The lowest BCUT2D eigenvalue weighted by molar-refractivity contribution is 0.186. The van der Waals surface area contributed by atoms with Gasteiger partial charge in [0.2, 0.25) is 0 Å². The number of hydrogen-bond acceptors (Lipinski definition) is 4. The fourth-order valence-electron chi connectivity index (χ4n) is 0.590. The molecule has 0 saturated heterocycles. The van der Waals surface area contributed by atoms with Crippen molar-refractivity contribution in [2.75, 3.05) is 12.4 Å². The Morgan fingerprint density at radius 3 is 3.17 bits per heavy atom. The molecule has 1 aromatic heterocycles. The zero-order valence-corrected chi connectivity index (χ0v) is 7.92. The van der Waals surface area contributed by atoms with E-state index in [0.717, 1.165) is 0 Å². The summed E-state index contributed by atoms with van der Waals surface area (Å²) in [6.45, 7) is 0. The highest BCUT2D eigenvalue weighted by atomic mass is 79.9. The lowest BCUT2D eigenvalue weighted by Gasteiger charge is -1.95. The van der Waals surface area contributed by atoms with Gasteiger partial charge in [0.25, 0.3) is 0 Å². The minimum atomic E-state index is -0.565. The van der Waals surface area contributed by atoms with Crippen LogP contribution in [0.3, 0.4) is 0 Å². The van der Waals surface area contributed by atoms with Gasteiger partial charge >= 0.3 is 6.09 Å². The molecule has 0 fully saturated rings. The molecule has 0 spiro atoms. The minimum absolute atomic E-state index is 0.344. The van der Waals surface area contributed by atoms with Crippen LogP contribution < -0.4 is 5.32 Å². The summed E-state index contributed by atoms with van der Waals surface area (Å²) in [4.78, 5) is 10.7. The summed E-state index contributed by atoms with van der Waals surface area (Å²) in [6, 6.07) is 1.60. The van der Waals surface area contributed by atoms with Crippen molar-refractivity contribution in [2.45, 2.75) is 5.33 Å². The molecule has 1 rings (SSSR count). The zero-order valence-electron chi connectivity index (χ0n) is 6.33. The summed E-state index contributed by atoms with van der Waals surface area (Å²) in [5.74, 6) is 0.984. The molecule has 0 aliphatic rings. The smallest absolute Gasteiger partial charge is 0.412 e. The number of methoxy groups -OCH3 is 1. The van der Waals surface area contributed by atoms with E-state index in [0.29, 0.717) is 16.9 Å². The van der Waals surface area contributed by atoms with Crippen LogP contribution in [0, 0.1) is 0 Å². The van der Waals surface area contributed by atoms with Gasteiger partial charge in [-0.25, -0.2) is 4.79 Å². The number of halogens is 1. The molecular weight excluding hydrogens is 228 g/mol. The van der Waals surface area contributed by atoms with Gasteiger partial charge in [0.15, 0.2) is 5.82 Å². The molecule has 0 atom stereocenters. The van der Waals surface area contributed by atoms with Gasteiger partial charge in [-0.3, -0.25) is 5.32 Å². The highest BCUT2D eigenvalue weighted by Crippen LogP contribution is 2.11. The summed E-state index contributed by atoms with van der Waals surface area (Å²) in [7, 11) is 1.28. The van der Waals surface area contributed by atoms with Crippen molar-refractivity contribution in [3.8, 4) is 0 Å². The quantitative estimate of drug-likeness (QED) is 0.793. The largest absolute Gasteiger partial charge is 0.453 e. The van der Waals surface area contributed by atoms with Crippen molar-refractivity contribution >= 4 is 27.8 Å². The standard InChI is InChI=1S/C6H7BrN2O3/c1-11-6(10)8-5-2-4(3-7)12-9-5/h2H,3H2,1H3,(H,8,9,10). The van der Waals surface area contributed by atoms with Crippen molar-refractivity contribution < 1.29 is 14.1 Å². The number of carbonyl (C=O) groups is 1. The number of nitrogens with zero attached hydrogens (tertiary/aromatic N) is 1. The molecule has 12 heavy (non-hydrogen) atoms. The van der Waals surface area contributed by atoms with Crippen molar-refractivity contribution in [1.29, 1.82) is 0 Å². The first-order valence-corrected chi connectivity index (χ1v) is 4.25. The molecule has 0 aliphatic heterocycles. The molecule has 0 aromatic carbocycles. The zero-order chi connectivity index (χ0) is 8.97. The molecular formula is C6H7BrN2O3. The maximum absolute atomic E-state index is 10.7. The first-order valence-electron chi connectivity index (χ1n) is 3.12. The number of amides is 1. The molecule has 0 bridgehead atoms. The highest BCUT2D eigenvalue weighted by molar-refractivity contribution is 9.08. The number of nitrogens with one attached hydrogen (secondary N) is 1. The summed E-state index contributed by atoms with van der Waals surface area (Å²) in [5, 5.41) is 6.48. The Kier molecular flexibility index (Phi) is 3.09. The van der Waals surface area contributed by atoms with Crippen LogP contribution in [0.5, 0.6) is 0 Å². The van der Waals surface area contributed by atoms with E-state index in [4.69, 9.17) is 4.52 Å². The Hall–Kier alpha value is -1.04. The van der Waals surface area contributed by atoms with Gasteiger partial charge in [-0.05, 0) is 0 Å². The van der Waals surface area contributed by atoms with Gasteiger partial charge < -0.3 is 9.26 Å². The van der Waals surface area contributed by atoms with Crippen molar-refractivity contribution in [3.05, 3.63) is 11.8 Å². The van der Waals surface area contributed by atoms with Crippen LogP contribution in [0.4, 0.5) is 10.6 Å². The normalized spacial score (nSPS) is 9.50. The summed E-state index contributed by atoms with van der Waals surface area (Å²) >= 11 is 3.18. The van der Waals surface area contributed by atoms with E-state index in [1.165, 1.54) is 7.11 Å². The molecule has 0 saturated carbocycles. The van der Waals surface area contributed by atoms with E-state index in [-0.39, 0.29) is 0 Å². The third-order valence-corrected chi connectivity index (χ3v) is 1.66. The Morgan fingerprint density at radius 2 is 2.67 bits per heavy atom. The van der Waals surface area contributed by atoms with Gasteiger partial charge in [-0.15, -0.1) is 0 Å². The Morgan fingerprint density at radius 1 is 1.92 bits per heavy atom. The summed E-state index contributed by atoms with van der Waals surface area (Å²) < 4.78 is 9.15. The molecule has 1 heterocycles. The molecule has 1 amide bonds. The van der Waals surface area contributed by atoms with Crippen LogP contribution >= 0.6 is 15.9 Å². The molecule has 0 radical (unpaired) electrons. The molecule has 0 aliphatic carbocycles. The third kappa shape index (κ3) is 2.23. The Balaban J connectivity index is 2.58. The van der Waals surface area contributed by atoms with Gasteiger partial charge in [-0.1, -0.05) is 21.1 Å². The van der Waals surface area contributed by atoms with Crippen LogP contribution in [0.1, 0.15) is 5.76 Å². The second kappa shape index (κ2) is 4.10. The summed E-state index contributed by atoms with van der Waals surface area (Å²) in [5.41, 5.74) is 0. The van der Waals surface area contributed by atoms with Crippen molar-refractivity contribution in [1.82, 2.24) is 5.16 Å². The van der Waals surface area contributed by atoms with Crippen molar-refractivity contribution in [2.24, 2.45) is 0 Å². The topological polar surface area (TPSA) is 64.4 Å². The van der Waals surface area contributed by atoms with Crippen LogP contribution in [0.25, 0.3) is 0 Å². The number of aromatic nitrogens is 1. The number of carbonyl (C=O) groups excluding carboxylic acids is 1. The van der Waals surface area contributed by atoms with E-state index in [2.05, 4.69) is 31.1 Å². The average Bonchev–Trinajstić information content (AvgIpc) is 2.52. The van der Waals surface area contributed by atoms with E-state index in [1.807, 2.05) is 0 Å². The maximum Gasteiger partial charge on any atom is 0.412 e. The molecule has 5 nitrogen and oxygen atoms in total. The van der Waals surface area contributed by atoms with E-state index in [9.17, 15) is 4.79 Å². The second-order valence-electron chi connectivity index (χ2n) is 1.93. The fraction of sp³-hybridized carbons (Fsp3) is 0.333. The van der Waals surface area contributed by atoms with Crippen LogP contribution in [0.2, 0.25) is 0 Å². The first-order chi connectivity index (χ1) is 5.76. The van der Waals surface area contributed by atoms with E-state index >= 15 is 0 Å². The second-order valence-corrected chi connectivity index (χ2v) is 2.49. The Bertz CT molecular complexity index is 274. The predicted octanol–water partition coefficient (Wildman–Crippen LogP) is 1.75. The average molecular weight is 235 g/mol.